The summed E-state index contributed by atoms with van der Waals surface area (Å²) in [6.07, 6.45) is 4.75. The van der Waals surface area contributed by atoms with Gasteiger partial charge >= 0.3 is 0 Å². The molecule has 4 rings (SSSR count). The summed E-state index contributed by atoms with van der Waals surface area (Å²) < 4.78 is 16.5. The summed E-state index contributed by atoms with van der Waals surface area (Å²) in [7, 11) is 0. The number of rotatable bonds is 7. The fourth-order valence-corrected chi connectivity index (χ4v) is 3.76. The SMILES string of the molecule is Cc1cc(F)c(C(=O)Nc2cccc(-c3nncn3C(C)C)n2)cc1CC(=O)C1CCC1. The molecule has 0 unspecified atom stereocenters. The highest BCUT2D eigenvalue weighted by Gasteiger charge is 2.26. The maximum absolute atomic E-state index is 14.6. The number of carbonyl (C=O) groups is 2. The molecule has 166 valence electrons. The van der Waals surface area contributed by atoms with E-state index in [1.807, 2.05) is 18.4 Å². The number of pyridine rings is 1. The summed E-state index contributed by atoms with van der Waals surface area (Å²) in [5, 5.41) is 10.7. The fourth-order valence-electron chi connectivity index (χ4n) is 3.76. The van der Waals surface area contributed by atoms with Gasteiger partial charge < -0.3 is 9.88 Å². The van der Waals surface area contributed by atoms with Gasteiger partial charge in [-0.1, -0.05) is 12.5 Å². The number of aromatic nitrogens is 4. The third-order valence-electron chi connectivity index (χ3n) is 5.94. The summed E-state index contributed by atoms with van der Waals surface area (Å²) in [5.41, 5.74) is 1.79. The van der Waals surface area contributed by atoms with Crippen molar-refractivity contribution < 1.29 is 14.0 Å². The highest BCUT2D eigenvalue weighted by molar-refractivity contribution is 6.04. The Morgan fingerprint density at radius 1 is 1.25 bits per heavy atom. The van der Waals surface area contributed by atoms with Crippen molar-refractivity contribution in [1.82, 2.24) is 19.7 Å². The molecule has 32 heavy (non-hydrogen) atoms. The summed E-state index contributed by atoms with van der Waals surface area (Å²) in [6.45, 7) is 5.77. The van der Waals surface area contributed by atoms with E-state index in [0.29, 0.717) is 22.6 Å². The van der Waals surface area contributed by atoms with Crippen LogP contribution in [-0.4, -0.2) is 31.4 Å². The Balaban J connectivity index is 1.55. The lowest BCUT2D eigenvalue weighted by Gasteiger charge is -2.24. The Morgan fingerprint density at radius 2 is 2.03 bits per heavy atom. The van der Waals surface area contributed by atoms with Gasteiger partial charge in [0.1, 0.15) is 29.4 Å². The van der Waals surface area contributed by atoms with Crippen LogP contribution in [0.4, 0.5) is 10.2 Å². The molecule has 7 nitrogen and oxygen atoms in total. The van der Waals surface area contributed by atoms with E-state index in [4.69, 9.17) is 0 Å². The van der Waals surface area contributed by atoms with Gasteiger partial charge in [0, 0.05) is 18.4 Å². The van der Waals surface area contributed by atoms with Gasteiger partial charge in [-0.25, -0.2) is 9.37 Å². The zero-order valence-corrected chi connectivity index (χ0v) is 18.4. The molecule has 8 heteroatoms. The maximum atomic E-state index is 14.6. The summed E-state index contributed by atoms with van der Waals surface area (Å²) in [6, 6.07) is 8.08. The molecule has 0 radical (unpaired) electrons. The lowest BCUT2D eigenvalue weighted by molar-refractivity contribution is -0.124. The van der Waals surface area contributed by atoms with Crippen molar-refractivity contribution in [2.24, 2.45) is 5.92 Å². The van der Waals surface area contributed by atoms with E-state index in [2.05, 4.69) is 20.5 Å². The van der Waals surface area contributed by atoms with Gasteiger partial charge in [-0.3, -0.25) is 9.59 Å². The van der Waals surface area contributed by atoms with Crippen LogP contribution in [0, 0.1) is 18.7 Å². The second-order valence-electron chi connectivity index (χ2n) is 8.55. The van der Waals surface area contributed by atoms with E-state index in [9.17, 15) is 14.0 Å². The van der Waals surface area contributed by atoms with Crippen molar-refractivity contribution in [3.63, 3.8) is 0 Å². The van der Waals surface area contributed by atoms with Crippen molar-refractivity contribution in [2.45, 2.75) is 52.5 Å². The number of benzene rings is 1. The highest BCUT2D eigenvalue weighted by Crippen LogP contribution is 2.29. The molecule has 0 aliphatic heterocycles. The third-order valence-corrected chi connectivity index (χ3v) is 5.94. The van der Waals surface area contributed by atoms with Crippen molar-refractivity contribution >= 4 is 17.5 Å². The number of halogens is 1. The van der Waals surface area contributed by atoms with Crippen LogP contribution < -0.4 is 5.32 Å². The fraction of sp³-hybridized carbons (Fsp3) is 0.375. The number of anilines is 1. The Bertz CT molecular complexity index is 1170. The summed E-state index contributed by atoms with van der Waals surface area (Å²) in [4.78, 5) is 29.7. The molecular weight excluding hydrogens is 409 g/mol. The lowest BCUT2D eigenvalue weighted by atomic mass is 9.80. The molecule has 1 saturated carbocycles. The molecule has 1 aliphatic carbocycles. The van der Waals surface area contributed by atoms with Gasteiger partial charge in [-0.2, -0.15) is 0 Å². The topological polar surface area (TPSA) is 89.8 Å². The first-order valence-corrected chi connectivity index (χ1v) is 10.8. The predicted molar refractivity (Wildman–Crippen MR) is 119 cm³/mol. The van der Waals surface area contributed by atoms with Gasteiger partial charge in [0.25, 0.3) is 5.91 Å². The van der Waals surface area contributed by atoms with Crippen LogP contribution in [0.15, 0.2) is 36.7 Å². The molecule has 2 heterocycles. The van der Waals surface area contributed by atoms with E-state index in [1.54, 1.807) is 31.5 Å². The van der Waals surface area contributed by atoms with Crippen molar-refractivity contribution in [1.29, 1.82) is 0 Å². The van der Waals surface area contributed by atoms with Crippen LogP contribution in [0.2, 0.25) is 0 Å². The van der Waals surface area contributed by atoms with E-state index < -0.39 is 11.7 Å². The predicted octanol–water partition coefficient (Wildman–Crippen LogP) is 4.53. The van der Waals surface area contributed by atoms with Crippen LogP contribution in [-0.2, 0) is 11.2 Å². The van der Waals surface area contributed by atoms with Crippen molar-refractivity contribution in [3.05, 3.63) is 59.2 Å². The highest BCUT2D eigenvalue weighted by atomic mass is 19.1. The molecule has 1 N–H and O–H groups in total. The van der Waals surface area contributed by atoms with Gasteiger partial charge in [0.2, 0.25) is 0 Å². The smallest absolute Gasteiger partial charge is 0.259 e. The minimum absolute atomic E-state index is 0.0940. The molecule has 0 spiro atoms. The van der Waals surface area contributed by atoms with Gasteiger partial charge in [0.05, 0.1) is 5.56 Å². The Hall–Kier alpha value is -3.42. The first kappa shape index (κ1) is 21.8. The zero-order valence-electron chi connectivity index (χ0n) is 18.4. The Labute approximate surface area is 186 Å². The van der Waals surface area contributed by atoms with Crippen LogP contribution in [0.25, 0.3) is 11.5 Å². The lowest BCUT2D eigenvalue weighted by Crippen LogP contribution is -2.24. The maximum Gasteiger partial charge on any atom is 0.259 e. The average Bonchev–Trinajstić information content (AvgIpc) is 3.19. The molecule has 1 aromatic carbocycles. The Kier molecular flexibility index (Phi) is 6.12. The van der Waals surface area contributed by atoms with E-state index in [-0.39, 0.29) is 35.5 Å². The second kappa shape index (κ2) is 8.98. The molecule has 1 amide bonds. The van der Waals surface area contributed by atoms with Crippen molar-refractivity contribution in [3.8, 4) is 11.5 Å². The largest absolute Gasteiger partial charge is 0.310 e. The van der Waals surface area contributed by atoms with Crippen LogP contribution in [0.5, 0.6) is 0 Å². The minimum Gasteiger partial charge on any atom is -0.310 e. The normalized spacial score (nSPS) is 13.8. The number of ketones is 1. The average molecular weight is 436 g/mol. The minimum atomic E-state index is -0.629. The molecule has 0 bridgehead atoms. The number of nitrogens with one attached hydrogen (secondary N) is 1. The van der Waals surface area contributed by atoms with E-state index in [0.717, 1.165) is 19.3 Å². The molecule has 1 aliphatic rings. The van der Waals surface area contributed by atoms with E-state index in [1.165, 1.54) is 12.1 Å². The van der Waals surface area contributed by atoms with E-state index >= 15 is 0 Å². The quantitative estimate of drug-likeness (QED) is 0.589. The first-order chi connectivity index (χ1) is 15.3. The van der Waals surface area contributed by atoms with Gasteiger partial charge in [-0.15, -0.1) is 10.2 Å². The number of nitrogens with zero attached hydrogens (tertiary/aromatic N) is 4. The molecule has 1 fully saturated rings. The second-order valence-corrected chi connectivity index (χ2v) is 8.55. The van der Waals surface area contributed by atoms with Crippen molar-refractivity contribution in [2.75, 3.05) is 5.32 Å². The number of Topliss-reactive ketones (excluding diaryl/α,β-unsaturated/α-hetero) is 1. The van der Waals surface area contributed by atoms with Crippen LogP contribution in [0.1, 0.15) is 60.6 Å². The standard InChI is InChI=1S/C24H26FN5O2/c1-14(2)30-13-26-29-23(30)20-8-5-9-22(27-20)28-24(32)18-11-17(15(3)10-19(18)25)12-21(31)16-6-4-7-16/h5,8-11,13-14,16H,4,6-7,12H2,1-3H3,(H,27,28,32). The number of amides is 1. The number of hydrogen-bond acceptors (Lipinski definition) is 5. The third kappa shape index (κ3) is 4.44. The monoisotopic (exact) mass is 435 g/mol. The molecule has 3 aromatic rings. The Morgan fingerprint density at radius 3 is 2.72 bits per heavy atom. The summed E-state index contributed by atoms with van der Waals surface area (Å²) in [5.74, 6) is -0.143. The number of hydrogen-bond donors (Lipinski definition) is 1. The number of aryl methyl sites for hydroxylation is 1. The zero-order chi connectivity index (χ0) is 22.8. The summed E-state index contributed by atoms with van der Waals surface area (Å²) >= 11 is 0. The van der Waals surface area contributed by atoms with Gasteiger partial charge in [0.15, 0.2) is 5.82 Å². The van der Waals surface area contributed by atoms with Crippen LogP contribution >= 0.6 is 0 Å². The molecule has 2 aromatic heterocycles. The molecular formula is C24H26FN5O2. The molecule has 0 saturated heterocycles. The first-order valence-electron chi connectivity index (χ1n) is 10.8. The number of carbonyl (C=O) groups excluding carboxylic acids is 2. The van der Waals surface area contributed by atoms with Crippen LogP contribution in [0.3, 0.4) is 0 Å². The van der Waals surface area contributed by atoms with Gasteiger partial charge in [-0.05, 0) is 69.0 Å². The molecule has 0 atom stereocenters.